The summed E-state index contributed by atoms with van der Waals surface area (Å²) in [7, 11) is 1.75. The molecule has 2 N–H and O–H groups in total. The summed E-state index contributed by atoms with van der Waals surface area (Å²) in [5, 5.41) is 11.3. The monoisotopic (exact) mass is 292 g/mol. The minimum atomic E-state index is -0.846. The molecule has 0 saturated heterocycles. The Morgan fingerprint density at radius 3 is 2.57 bits per heavy atom. The van der Waals surface area contributed by atoms with Gasteiger partial charge >= 0.3 is 12.0 Å². The highest BCUT2D eigenvalue weighted by molar-refractivity contribution is 5.74. The molecule has 0 aromatic heterocycles. The van der Waals surface area contributed by atoms with Crippen LogP contribution in [0, 0.1) is 13.8 Å². The lowest BCUT2D eigenvalue weighted by Crippen LogP contribution is -2.39. The third kappa shape index (κ3) is 5.10. The van der Waals surface area contributed by atoms with Crippen LogP contribution in [0.2, 0.25) is 0 Å². The molecule has 0 aliphatic carbocycles. The minimum absolute atomic E-state index is 0.0370. The maximum absolute atomic E-state index is 12.0. The van der Waals surface area contributed by atoms with Gasteiger partial charge in [0, 0.05) is 20.0 Å². The molecule has 1 aromatic rings. The number of carboxylic acid groups (broad SMARTS) is 1. The zero-order chi connectivity index (χ0) is 16.0. The first-order valence-electron chi connectivity index (χ1n) is 7.12. The summed E-state index contributed by atoms with van der Waals surface area (Å²) in [5.41, 5.74) is 3.47. The number of carboxylic acids is 1. The van der Waals surface area contributed by atoms with Gasteiger partial charge in [-0.25, -0.2) is 4.79 Å². The molecule has 0 saturated carbocycles. The number of hydrogen-bond donors (Lipinski definition) is 2. The summed E-state index contributed by atoms with van der Waals surface area (Å²) in [4.78, 5) is 24.1. The van der Waals surface area contributed by atoms with E-state index in [1.165, 1.54) is 5.56 Å². The molecule has 1 atom stereocenters. The summed E-state index contributed by atoms with van der Waals surface area (Å²) < 4.78 is 0. The van der Waals surface area contributed by atoms with Crippen LogP contribution in [0.5, 0.6) is 0 Å². The number of carbonyl (C=O) groups is 2. The molecule has 1 unspecified atom stereocenters. The van der Waals surface area contributed by atoms with Crippen molar-refractivity contribution in [3.8, 4) is 0 Å². The van der Waals surface area contributed by atoms with Gasteiger partial charge in [0.25, 0.3) is 0 Å². The topological polar surface area (TPSA) is 69.6 Å². The number of rotatable bonds is 6. The number of aryl methyl sites for hydroxylation is 2. The third-order valence-electron chi connectivity index (χ3n) is 3.62. The van der Waals surface area contributed by atoms with Gasteiger partial charge in [-0.15, -0.1) is 0 Å². The molecule has 1 rings (SSSR count). The molecule has 1 aromatic carbocycles. The molecule has 0 spiro atoms. The van der Waals surface area contributed by atoms with Crippen LogP contribution in [0.15, 0.2) is 18.2 Å². The molecule has 0 aliphatic heterocycles. The third-order valence-corrected chi connectivity index (χ3v) is 3.62. The van der Waals surface area contributed by atoms with Gasteiger partial charge in [0.05, 0.1) is 6.04 Å². The molecule has 21 heavy (non-hydrogen) atoms. The normalized spacial score (nSPS) is 11.8. The summed E-state index contributed by atoms with van der Waals surface area (Å²) in [6.45, 7) is 6.43. The average molecular weight is 292 g/mol. The van der Waals surface area contributed by atoms with Crippen LogP contribution < -0.4 is 5.32 Å². The summed E-state index contributed by atoms with van der Waals surface area (Å²) in [5.74, 6) is -0.846. The molecule has 116 valence electrons. The lowest BCUT2D eigenvalue weighted by atomic mass is 10.00. The minimum Gasteiger partial charge on any atom is -0.481 e. The molecule has 0 aliphatic rings. The van der Waals surface area contributed by atoms with E-state index in [4.69, 9.17) is 5.11 Å². The Morgan fingerprint density at radius 1 is 1.33 bits per heavy atom. The van der Waals surface area contributed by atoms with Crippen LogP contribution in [0.4, 0.5) is 4.79 Å². The van der Waals surface area contributed by atoms with Crippen LogP contribution in [-0.4, -0.2) is 35.6 Å². The van der Waals surface area contributed by atoms with Gasteiger partial charge < -0.3 is 15.3 Å². The number of aliphatic carboxylic acids is 1. The van der Waals surface area contributed by atoms with Gasteiger partial charge in [-0.2, -0.15) is 0 Å². The fraction of sp³-hybridized carbons (Fsp3) is 0.500. The zero-order valence-corrected chi connectivity index (χ0v) is 13.1. The van der Waals surface area contributed by atoms with Crippen LogP contribution >= 0.6 is 0 Å². The van der Waals surface area contributed by atoms with Gasteiger partial charge in [-0.3, -0.25) is 4.79 Å². The maximum Gasteiger partial charge on any atom is 0.317 e. The zero-order valence-electron chi connectivity index (χ0n) is 13.1. The molecular formula is C16H24N2O3. The van der Waals surface area contributed by atoms with E-state index in [9.17, 15) is 9.59 Å². The van der Waals surface area contributed by atoms with Crippen molar-refractivity contribution in [3.63, 3.8) is 0 Å². The smallest absolute Gasteiger partial charge is 0.317 e. The van der Waals surface area contributed by atoms with Crippen molar-refractivity contribution >= 4 is 12.0 Å². The van der Waals surface area contributed by atoms with Gasteiger partial charge in [0.2, 0.25) is 0 Å². The van der Waals surface area contributed by atoms with Gasteiger partial charge in [-0.05, 0) is 38.3 Å². The first kappa shape index (κ1) is 17.0. The number of hydrogen-bond acceptors (Lipinski definition) is 2. The quantitative estimate of drug-likeness (QED) is 0.792. The number of urea groups is 1. The Bertz CT molecular complexity index is 514. The van der Waals surface area contributed by atoms with Gasteiger partial charge in [-0.1, -0.05) is 23.8 Å². The molecule has 0 heterocycles. The Hall–Kier alpha value is -2.04. The van der Waals surface area contributed by atoms with Crippen molar-refractivity contribution in [1.29, 1.82) is 0 Å². The fourth-order valence-corrected chi connectivity index (χ4v) is 2.24. The average Bonchev–Trinajstić information content (AvgIpc) is 2.41. The molecular weight excluding hydrogens is 268 g/mol. The summed E-state index contributed by atoms with van der Waals surface area (Å²) in [6, 6.07) is 5.96. The van der Waals surface area contributed by atoms with Crippen molar-refractivity contribution in [1.82, 2.24) is 10.2 Å². The van der Waals surface area contributed by atoms with Crippen LogP contribution in [0.25, 0.3) is 0 Å². The highest BCUT2D eigenvalue weighted by Gasteiger charge is 2.18. The standard InChI is InChI=1S/C16H24N2O3/c1-11-7-8-14(12(2)10-11)13(3)18(4)16(21)17-9-5-6-15(19)20/h7-8,10,13H,5-6,9H2,1-4H3,(H,17,21)(H,19,20). The second kappa shape index (κ2) is 7.67. The van der Waals surface area contributed by atoms with Crippen molar-refractivity contribution in [2.75, 3.05) is 13.6 Å². The Balaban J connectivity index is 2.58. The van der Waals surface area contributed by atoms with E-state index in [-0.39, 0.29) is 18.5 Å². The molecule has 0 bridgehead atoms. The molecule has 0 radical (unpaired) electrons. The van der Waals surface area contributed by atoms with Crippen LogP contribution in [0.1, 0.15) is 42.5 Å². The van der Waals surface area contributed by atoms with E-state index < -0.39 is 5.97 Å². The number of carbonyl (C=O) groups excluding carboxylic acids is 1. The first-order chi connectivity index (χ1) is 9.82. The van der Waals surface area contributed by atoms with E-state index in [1.54, 1.807) is 11.9 Å². The van der Waals surface area contributed by atoms with Gasteiger partial charge in [0.15, 0.2) is 0 Å². The van der Waals surface area contributed by atoms with Gasteiger partial charge in [0.1, 0.15) is 0 Å². The van der Waals surface area contributed by atoms with Crippen LogP contribution in [-0.2, 0) is 4.79 Å². The second-order valence-electron chi connectivity index (χ2n) is 5.38. The number of nitrogens with one attached hydrogen (secondary N) is 1. The van der Waals surface area contributed by atoms with E-state index in [1.807, 2.05) is 32.9 Å². The highest BCUT2D eigenvalue weighted by atomic mass is 16.4. The van der Waals surface area contributed by atoms with E-state index in [2.05, 4.69) is 11.4 Å². The molecule has 5 nitrogen and oxygen atoms in total. The van der Waals surface area contributed by atoms with Crippen molar-refractivity contribution in [3.05, 3.63) is 34.9 Å². The first-order valence-corrected chi connectivity index (χ1v) is 7.12. The largest absolute Gasteiger partial charge is 0.481 e. The van der Waals surface area contributed by atoms with E-state index >= 15 is 0 Å². The number of benzene rings is 1. The van der Waals surface area contributed by atoms with Crippen molar-refractivity contribution < 1.29 is 14.7 Å². The second-order valence-corrected chi connectivity index (χ2v) is 5.38. The predicted molar refractivity (Wildman–Crippen MR) is 82.4 cm³/mol. The summed E-state index contributed by atoms with van der Waals surface area (Å²) >= 11 is 0. The maximum atomic E-state index is 12.0. The lowest BCUT2D eigenvalue weighted by molar-refractivity contribution is -0.137. The SMILES string of the molecule is Cc1ccc(C(C)N(C)C(=O)NCCCC(=O)O)c(C)c1. The Kier molecular flexibility index (Phi) is 6.21. The van der Waals surface area contributed by atoms with Crippen LogP contribution in [0.3, 0.4) is 0 Å². The van der Waals surface area contributed by atoms with E-state index in [0.717, 1.165) is 11.1 Å². The van der Waals surface area contributed by atoms with Crippen molar-refractivity contribution in [2.24, 2.45) is 0 Å². The molecule has 0 fully saturated rings. The summed E-state index contributed by atoms with van der Waals surface area (Å²) in [6.07, 6.45) is 0.503. The molecule has 2 amide bonds. The highest BCUT2D eigenvalue weighted by Crippen LogP contribution is 2.23. The lowest BCUT2D eigenvalue weighted by Gasteiger charge is -2.27. The number of amides is 2. The fourth-order valence-electron chi connectivity index (χ4n) is 2.24. The van der Waals surface area contributed by atoms with E-state index in [0.29, 0.717) is 13.0 Å². The predicted octanol–water partition coefficient (Wildman–Crippen LogP) is 2.87. The molecule has 5 heteroatoms. The Morgan fingerprint density at radius 2 is 2.00 bits per heavy atom. The number of nitrogens with zero attached hydrogens (tertiary/aromatic N) is 1. The Labute approximate surface area is 126 Å². The van der Waals surface area contributed by atoms with Crippen molar-refractivity contribution in [2.45, 2.75) is 39.7 Å².